The minimum Gasteiger partial charge on any atom is -0.484 e. The van der Waals surface area contributed by atoms with Gasteiger partial charge in [0.25, 0.3) is 5.91 Å². The molecular weight excluding hydrogens is 354 g/mol. The van der Waals surface area contributed by atoms with Gasteiger partial charge in [0.1, 0.15) is 11.8 Å². The first-order valence-electron chi connectivity index (χ1n) is 6.76. The normalized spacial score (nSPS) is 18.2. The highest BCUT2D eigenvalue weighted by molar-refractivity contribution is 9.10. The highest BCUT2D eigenvalue weighted by Crippen LogP contribution is 2.22. The van der Waals surface area contributed by atoms with Crippen molar-refractivity contribution >= 4 is 21.8 Å². The van der Waals surface area contributed by atoms with E-state index in [1.807, 2.05) is 18.2 Å². The SMILES string of the molecule is O=C(COc1cccc(Br)c1)N1CCOCC1c1ncon1. The van der Waals surface area contributed by atoms with Crippen LogP contribution in [0.4, 0.5) is 0 Å². The Labute approximate surface area is 135 Å². The van der Waals surface area contributed by atoms with E-state index in [0.29, 0.717) is 31.3 Å². The van der Waals surface area contributed by atoms with Crippen LogP contribution in [0.15, 0.2) is 39.7 Å². The van der Waals surface area contributed by atoms with E-state index in [1.54, 1.807) is 11.0 Å². The summed E-state index contributed by atoms with van der Waals surface area (Å²) < 4.78 is 16.6. The van der Waals surface area contributed by atoms with E-state index in [4.69, 9.17) is 14.0 Å². The Morgan fingerprint density at radius 3 is 3.18 bits per heavy atom. The molecule has 3 rings (SSSR count). The highest BCUT2D eigenvalue weighted by atomic mass is 79.9. The molecule has 7 nitrogen and oxygen atoms in total. The molecule has 0 radical (unpaired) electrons. The number of amides is 1. The van der Waals surface area contributed by atoms with Gasteiger partial charge < -0.3 is 18.9 Å². The zero-order valence-corrected chi connectivity index (χ0v) is 13.2. The molecular formula is C14H14BrN3O4. The monoisotopic (exact) mass is 367 g/mol. The minimum atomic E-state index is -0.342. The lowest BCUT2D eigenvalue weighted by atomic mass is 10.2. The number of benzene rings is 1. The number of halogens is 1. The predicted octanol–water partition coefficient (Wildman–Crippen LogP) is 1.81. The van der Waals surface area contributed by atoms with Gasteiger partial charge in [-0.1, -0.05) is 27.2 Å². The van der Waals surface area contributed by atoms with Gasteiger partial charge in [-0.05, 0) is 18.2 Å². The number of hydrogen-bond donors (Lipinski definition) is 0. The Kier molecular flexibility index (Phi) is 4.69. The molecule has 1 aromatic heterocycles. The number of aromatic nitrogens is 2. The molecule has 0 aliphatic carbocycles. The summed E-state index contributed by atoms with van der Waals surface area (Å²) >= 11 is 3.36. The zero-order valence-electron chi connectivity index (χ0n) is 11.6. The molecule has 0 saturated carbocycles. The molecule has 1 unspecified atom stereocenters. The van der Waals surface area contributed by atoms with Crippen molar-refractivity contribution in [1.82, 2.24) is 15.0 Å². The van der Waals surface area contributed by atoms with Gasteiger partial charge in [-0.2, -0.15) is 4.98 Å². The molecule has 22 heavy (non-hydrogen) atoms. The summed E-state index contributed by atoms with van der Waals surface area (Å²) in [5.41, 5.74) is 0. The summed E-state index contributed by atoms with van der Waals surface area (Å²) in [6, 6.07) is 7.01. The third-order valence-electron chi connectivity index (χ3n) is 3.28. The minimum absolute atomic E-state index is 0.0508. The first kappa shape index (κ1) is 15.0. The summed E-state index contributed by atoms with van der Waals surface area (Å²) in [7, 11) is 0. The second kappa shape index (κ2) is 6.89. The summed E-state index contributed by atoms with van der Waals surface area (Å²) in [5, 5.41) is 3.80. The molecule has 1 atom stereocenters. The third-order valence-corrected chi connectivity index (χ3v) is 3.78. The molecule has 1 aliphatic heterocycles. The summed E-state index contributed by atoms with van der Waals surface area (Å²) in [6.45, 7) is 1.25. The molecule has 8 heteroatoms. The molecule has 2 aromatic rings. The van der Waals surface area contributed by atoms with Crippen molar-refractivity contribution in [2.75, 3.05) is 26.4 Å². The van der Waals surface area contributed by atoms with Gasteiger partial charge in [0.15, 0.2) is 12.4 Å². The molecule has 0 bridgehead atoms. The van der Waals surface area contributed by atoms with Crippen molar-refractivity contribution in [2.45, 2.75) is 6.04 Å². The fraction of sp³-hybridized carbons (Fsp3) is 0.357. The first-order valence-corrected chi connectivity index (χ1v) is 7.55. The Balaban J connectivity index is 1.65. The molecule has 0 N–H and O–H groups in total. The Hall–Kier alpha value is -1.93. The van der Waals surface area contributed by atoms with E-state index in [9.17, 15) is 4.79 Å². The standard InChI is InChI=1S/C14H14BrN3O4/c15-10-2-1-3-11(6-10)21-8-13(19)18-4-5-20-7-12(18)14-16-9-22-17-14/h1-3,6,9,12H,4-5,7-8H2. The smallest absolute Gasteiger partial charge is 0.261 e. The van der Waals surface area contributed by atoms with Crippen LogP contribution in [0.25, 0.3) is 0 Å². The molecule has 2 heterocycles. The largest absolute Gasteiger partial charge is 0.484 e. The molecule has 1 amide bonds. The maximum absolute atomic E-state index is 12.4. The number of rotatable bonds is 4. The Morgan fingerprint density at radius 2 is 2.41 bits per heavy atom. The maximum atomic E-state index is 12.4. The number of ether oxygens (including phenoxy) is 2. The van der Waals surface area contributed by atoms with E-state index < -0.39 is 0 Å². The number of carbonyl (C=O) groups is 1. The predicted molar refractivity (Wildman–Crippen MR) is 79.2 cm³/mol. The lowest BCUT2D eigenvalue weighted by Gasteiger charge is -2.33. The van der Waals surface area contributed by atoms with Crippen LogP contribution in [0.2, 0.25) is 0 Å². The van der Waals surface area contributed by atoms with Crippen LogP contribution in [-0.2, 0) is 9.53 Å². The van der Waals surface area contributed by atoms with Gasteiger partial charge in [-0.15, -0.1) is 0 Å². The van der Waals surface area contributed by atoms with E-state index >= 15 is 0 Å². The van der Waals surface area contributed by atoms with Gasteiger partial charge in [0, 0.05) is 11.0 Å². The quantitative estimate of drug-likeness (QED) is 0.819. The molecule has 1 aliphatic rings. The highest BCUT2D eigenvalue weighted by Gasteiger charge is 2.31. The summed E-state index contributed by atoms with van der Waals surface area (Å²) in [4.78, 5) is 18.1. The number of nitrogens with zero attached hydrogens (tertiary/aromatic N) is 3. The Morgan fingerprint density at radius 1 is 1.50 bits per heavy atom. The number of carbonyl (C=O) groups excluding carboxylic acids is 1. The topological polar surface area (TPSA) is 77.7 Å². The van der Waals surface area contributed by atoms with Gasteiger partial charge in [0.2, 0.25) is 6.39 Å². The fourth-order valence-electron chi connectivity index (χ4n) is 2.23. The van der Waals surface area contributed by atoms with Crippen LogP contribution in [0.1, 0.15) is 11.9 Å². The van der Waals surface area contributed by atoms with E-state index in [0.717, 1.165) is 4.47 Å². The molecule has 0 spiro atoms. The lowest BCUT2D eigenvalue weighted by molar-refractivity contribution is -0.142. The molecule has 1 saturated heterocycles. The fourth-order valence-corrected chi connectivity index (χ4v) is 2.60. The van der Waals surface area contributed by atoms with Crippen molar-refractivity contribution < 1.29 is 18.8 Å². The number of hydrogen-bond acceptors (Lipinski definition) is 6. The van der Waals surface area contributed by atoms with Crippen molar-refractivity contribution in [3.05, 3.63) is 41.0 Å². The second-order valence-electron chi connectivity index (χ2n) is 4.71. The first-order chi connectivity index (χ1) is 10.7. The second-order valence-corrected chi connectivity index (χ2v) is 5.63. The van der Waals surface area contributed by atoms with Crippen molar-refractivity contribution in [3.8, 4) is 5.75 Å². The molecule has 116 valence electrons. The van der Waals surface area contributed by atoms with Crippen LogP contribution in [0.3, 0.4) is 0 Å². The molecule has 1 aromatic carbocycles. The van der Waals surface area contributed by atoms with Crippen molar-refractivity contribution in [1.29, 1.82) is 0 Å². The van der Waals surface area contributed by atoms with Crippen LogP contribution in [0.5, 0.6) is 5.75 Å². The van der Waals surface area contributed by atoms with E-state index in [2.05, 4.69) is 26.1 Å². The van der Waals surface area contributed by atoms with Gasteiger partial charge >= 0.3 is 0 Å². The number of morpholine rings is 1. The van der Waals surface area contributed by atoms with Gasteiger partial charge in [0.05, 0.1) is 13.2 Å². The zero-order chi connectivity index (χ0) is 15.4. The average Bonchev–Trinajstić information content (AvgIpc) is 3.07. The van der Waals surface area contributed by atoms with Crippen LogP contribution in [-0.4, -0.2) is 47.3 Å². The van der Waals surface area contributed by atoms with Crippen molar-refractivity contribution in [3.63, 3.8) is 0 Å². The maximum Gasteiger partial charge on any atom is 0.261 e. The van der Waals surface area contributed by atoms with E-state index in [1.165, 1.54) is 6.39 Å². The van der Waals surface area contributed by atoms with Crippen molar-refractivity contribution in [2.24, 2.45) is 0 Å². The Bertz CT molecular complexity index is 635. The summed E-state index contributed by atoms with van der Waals surface area (Å²) in [5.74, 6) is 0.931. The van der Waals surface area contributed by atoms with Gasteiger partial charge in [-0.3, -0.25) is 4.79 Å². The van der Waals surface area contributed by atoms with Gasteiger partial charge in [-0.25, -0.2) is 0 Å². The average molecular weight is 368 g/mol. The van der Waals surface area contributed by atoms with Crippen LogP contribution >= 0.6 is 15.9 Å². The molecule has 1 fully saturated rings. The van der Waals surface area contributed by atoms with E-state index in [-0.39, 0.29) is 18.6 Å². The van der Waals surface area contributed by atoms with Crippen LogP contribution < -0.4 is 4.74 Å². The third kappa shape index (κ3) is 3.45. The van der Waals surface area contributed by atoms with Crippen LogP contribution in [0, 0.1) is 0 Å². The lowest BCUT2D eigenvalue weighted by Crippen LogP contribution is -2.45. The summed E-state index contributed by atoms with van der Waals surface area (Å²) in [6.07, 6.45) is 1.24.